The Hall–Kier alpha value is -1.30. The number of ether oxygens (including phenoxy) is 1. The molecule has 0 aliphatic carbocycles. The second-order valence-corrected chi connectivity index (χ2v) is 6.12. The molecule has 2 amide bonds. The molecule has 2 heterocycles. The minimum atomic E-state index is -1.00. The van der Waals surface area contributed by atoms with E-state index in [1.54, 1.807) is 4.90 Å². The number of morpholine rings is 1. The van der Waals surface area contributed by atoms with Gasteiger partial charge in [0.15, 0.2) is 6.10 Å². The van der Waals surface area contributed by atoms with Crippen molar-refractivity contribution in [3.8, 4) is 0 Å². The summed E-state index contributed by atoms with van der Waals surface area (Å²) in [5, 5.41) is 8.95. The van der Waals surface area contributed by atoms with E-state index in [1.807, 2.05) is 4.90 Å². The Kier molecular flexibility index (Phi) is 3.99. The lowest BCUT2D eigenvalue weighted by Gasteiger charge is -2.41. The van der Waals surface area contributed by atoms with Crippen LogP contribution >= 0.6 is 0 Å². The first-order valence-corrected chi connectivity index (χ1v) is 6.77. The smallest absolute Gasteiger partial charge is 0.334 e. The van der Waals surface area contributed by atoms with Gasteiger partial charge in [-0.15, -0.1) is 0 Å². The number of hydrogen-bond acceptors (Lipinski definition) is 3. The van der Waals surface area contributed by atoms with Crippen molar-refractivity contribution >= 4 is 12.0 Å². The van der Waals surface area contributed by atoms with E-state index in [9.17, 15) is 9.59 Å². The first-order valence-electron chi connectivity index (χ1n) is 6.77. The van der Waals surface area contributed by atoms with Gasteiger partial charge in [-0.05, 0) is 18.3 Å². The quantitative estimate of drug-likeness (QED) is 0.772. The Bertz CT molecular complexity index is 370. The summed E-state index contributed by atoms with van der Waals surface area (Å²) in [5.74, 6) is -1.00. The van der Waals surface area contributed by atoms with Crippen LogP contribution in [-0.4, -0.2) is 65.8 Å². The molecule has 0 aromatic carbocycles. The summed E-state index contributed by atoms with van der Waals surface area (Å²) in [6.45, 7) is 6.72. The average Bonchev–Trinajstić information content (AvgIpc) is 2.37. The van der Waals surface area contributed by atoms with Gasteiger partial charge in [-0.2, -0.15) is 0 Å². The number of carbonyl (C=O) groups is 2. The molecule has 0 radical (unpaired) electrons. The minimum Gasteiger partial charge on any atom is -0.479 e. The van der Waals surface area contributed by atoms with E-state index in [1.165, 1.54) is 0 Å². The van der Waals surface area contributed by atoms with Crippen LogP contribution in [-0.2, 0) is 9.53 Å². The Balaban J connectivity index is 1.97. The number of carboxylic acid groups (broad SMARTS) is 1. The molecule has 108 valence electrons. The minimum absolute atomic E-state index is 0.0534. The van der Waals surface area contributed by atoms with Crippen molar-refractivity contribution in [3.63, 3.8) is 0 Å². The fourth-order valence-electron chi connectivity index (χ4n) is 2.76. The largest absolute Gasteiger partial charge is 0.479 e. The van der Waals surface area contributed by atoms with Crippen molar-refractivity contribution in [2.75, 3.05) is 32.8 Å². The van der Waals surface area contributed by atoms with Crippen LogP contribution in [0.15, 0.2) is 0 Å². The summed E-state index contributed by atoms with van der Waals surface area (Å²) >= 11 is 0. The summed E-state index contributed by atoms with van der Waals surface area (Å²) in [7, 11) is 0. The fraction of sp³-hybridized carbons (Fsp3) is 0.846. The standard InChI is InChI=1S/C13H22N2O4/c1-13(2)4-3-5-15(9-13)12(18)14-6-7-19-10(8-14)11(16)17/h10H,3-9H2,1-2H3,(H,16,17). The third-order valence-corrected chi connectivity index (χ3v) is 3.78. The maximum Gasteiger partial charge on any atom is 0.334 e. The SMILES string of the molecule is CC1(C)CCCN(C(=O)N2CCOC(C(=O)O)C2)C1. The molecular formula is C13H22N2O4. The molecule has 1 N–H and O–H groups in total. The molecule has 6 heteroatoms. The number of carbonyl (C=O) groups excluding carboxylic acids is 1. The highest BCUT2D eigenvalue weighted by Crippen LogP contribution is 2.29. The van der Waals surface area contributed by atoms with Gasteiger partial charge in [-0.3, -0.25) is 0 Å². The van der Waals surface area contributed by atoms with Crippen LogP contribution in [0.3, 0.4) is 0 Å². The van der Waals surface area contributed by atoms with Gasteiger partial charge in [-0.25, -0.2) is 9.59 Å². The van der Waals surface area contributed by atoms with E-state index in [4.69, 9.17) is 9.84 Å². The lowest BCUT2D eigenvalue weighted by atomic mass is 9.84. The monoisotopic (exact) mass is 270 g/mol. The normalized spacial score (nSPS) is 27.2. The number of likely N-dealkylation sites (tertiary alicyclic amines) is 1. The number of aliphatic carboxylic acids is 1. The number of urea groups is 1. The average molecular weight is 270 g/mol. The molecule has 19 heavy (non-hydrogen) atoms. The zero-order valence-electron chi connectivity index (χ0n) is 11.6. The highest BCUT2D eigenvalue weighted by molar-refractivity contribution is 5.77. The van der Waals surface area contributed by atoms with Crippen LogP contribution in [0.4, 0.5) is 4.79 Å². The van der Waals surface area contributed by atoms with Crippen molar-refractivity contribution in [2.24, 2.45) is 5.41 Å². The highest BCUT2D eigenvalue weighted by atomic mass is 16.5. The van der Waals surface area contributed by atoms with E-state index in [2.05, 4.69) is 13.8 Å². The van der Waals surface area contributed by atoms with Gasteiger partial charge >= 0.3 is 12.0 Å². The molecule has 0 bridgehead atoms. The molecule has 2 aliphatic heterocycles. The fourth-order valence-corrected chi connectivity index (χ4v) is 2.76. The molecule has 0 spiro atoms. The molecule has 1 unspecified atom stereocenters. The molecule has 2 aliphatic rings. The molecule has 0 saturated carbocycles. The molecule has 0 aromatic rings. The van der Waals surface area contributed by atoms with Crippen molar-refractivity contribution < 1.29 is 19.4 Å². The molecular weight excluding hydrogens is 248 g/mol. The third kappa shape index (κ3) is 3.37. The second-order valence-electron chi connectivity index (χ2n) is 6.12. The van der Waals surface area contributed by atoms with Crippen LogP contribution < -0.4 is 0 Å². The van der Waals surface area contributed by atoms with Crippen molar-refractivity contribution in [2.45, 2.75) is 32.8 Å². The number of rotatable bonds is 1. The maximum absolute atomic E-state index is 12.4. The van der Waals surface area contributed by atoms with Crippen LogP contribution in [0.5, 0.6) is 0 Å². The zero-order chi connectivity index (χ0) is 14.0. The van der Waals surface area contributed by atoms with E-state index in [0.29, 0.717) is 13.2 Å². The zero-order valence-corrected chi connectivity index (χ0v) is 11.6. The number of carboxylic acids is 1. The van der Waals surface area contributed by atoms with Crippen LogP contribution in [0.2, 0.25) is 0 Å². The van der Waals surface area contributed by atoms with Gasteiger partial charge in [0.1, 0.15) is 0 Å². The Morgan fingerprint density at radius 2 is 2.00 bits per heavy atom. The summed E-state index contributed by atoms with van der Waals surface area (Å²) in [4.78, 5) is 26.8. The summed E-state index contributed by atoms with van der Waals surface area (Å²) < 4.78 is 5.14. The summed E-state index contributed by atoms with van der Waals surface area (Å²) in [5.41, 5.74) is 0.145. The van der Waals surface area contributed by atoms with E-state index >= 15 is 0 Å². The van der Waals surface area contributed by atoms with Gasteiger partial charge in [-0.1, -0.05) is 13.8 Å². The first-order chi connectivity index (χ1) is 8.89. The lowest BCUT2D eigenvalue weighted by Crippen LogP contribution is -2.55. The Labute approximate surface area is 113 Å². The summed E-state index contributed by atoms with van der Waals surface area (Å²) in [6.07, 6.45) is 1.24. The Morgan fingerprint density at radius 3 is 2.63 bits per heavy atom. The van der Waals surface area contributed by atoms with E-state index < -0.39 is 12.1 Å². The Morgan fingerprint density at radius 1 is 1.26 bits per heavy atom. The predicted octanol–water partition coefficient (Wildman–Crippen LogP) is 1.01. The van der Waals surface area contributed by atoms with Crippen LogP contribution in [0.1, 0.15) is 26.7 Å². The third-order valence-electron chi connectivity index (χ3n) is 3.78. The highest BCUT2D eigenvalue weighted by Gasteiger charge is 2.34. The van der Waals surface area contributed by atoms with E-state index in [0.717, 1.165) is 25.9 Å². The van der Waals surface area contributed by atoms with Crippen molar-refractivity contribution in [1.82, 2.24) is 9.80 Å². The molecule has 0 aromatic heterocycles. The molecule has 2 rings (SSSR count). The first kappa shape index (κ1) is 14.1. The van der Waals surface area contributed by atoms with Crippen LogP contribution in [0.25, 0.3) is 0 Å². The molecule has 2 saturated heterocycles. The van der Waals surface area contributed by atoms with Gasteiger partial charge in [0.05, 0.1) is 13.2 Å². The van der Waals surface area contributed by atoms with Gasteiger partial charge in [0, 0.05) is 19.6 Å². The van der Waals surface area contributed by atoms with Crippen molar-refractivity contribution in [3.05, 3.63) is 0 Å². The van der Waals surface area contributed by atoms with Gasteiger partial charge < -0.3 is 19.6 Å². The van der Waals surface area contributed by atoms with E-state index in [-0.39, 0.29) is 18.0 Å². The number of piperidine rings is 1. The second kappa shape index (κ2) is 5.36. The lowest BCUT2D eigenvalue weighted by molar-refractivity contribution is -0.154. The predicted molar refractivity (Wildman–Crippen MR) is 68.9 cm³/mol. The van der Waals surface area contributed by atoms with Gasteiger partial charge in [0.2, 0.25) is 0 Å². The van der Waals surface area contributed by atoms with Crippen molar-refractivity contribution in [1.29, 1.82) is 0 Å². The topological polar surface area (TPSA) is 70.1 Å². The molecule has 2 fully saturated rings. The maximum atomic E-state index is 12.4. The number of amides is 2. The molecule has 6 nitrogen and oxygen atoms in total. The molecule has 1 atom stereocenters. The number of hydrogen-bond donors (Lipinski definition) is 1. The van der Waals surface area contributed by atoms with Gasteiger partial charge in [0.25, 0.3) is 0 Å². The van der Waals surface area contributed by atoms with Crippen LogP contribution in [0, 0.1) is 5.41 Å². The summed E-state index contributed by atoms with van der Waals surface area (Å²) in [6, 6.07) is -0.0534. The number of nitrogens with zero attached hydrogens (tertiary/aromatic N) is 2.